The maximum absolute atomic E-state index is 13.9. The van der Waals surface area contributed by atoms with Crippen LogP contribution < -0.4 is 23.7 Å². The minimum atomic E-state index is -1.36. The largest absolute Gasteiger partial charge is 0.493 e. The average molecular weight is 424 g/mol. The third kappa shape index (κ3) is 2.59. The van der Waals surface area contributed by atoms with Gasteiger partial charge in [-0.3, -0.25) is 4.79 Å². The summed E-state index contributed by atoms with van der Waals surface area (Å²) >= 11 is 0. The summed E-state index contributed by atoms with van der Waals surface area (Å²) < 4.78 is 35.1. The van der Waals surface area contributed by atoms with Crippen molar-refractivity contribution in [3.8, 4) is 28.7 Å². The van der Waals surface area contributed by atoms with Crippen molar-refractivity contribution in [2.45, 2.75) is 31.2 Å². The molecule has 0 saturated heterocycles. The van der Waals surface area contributed by atoms with Gasteiger partial charge in [-0.15, -0.1) is 0 Å². The zero-order chi connectivity index (χ0) is 21.9. The minimum Gasteiger partial charge on any atom is -0.493 e. The standard InChI is InChI=1S/C24H24O7/c1-12(2)17-8-14-16(30-17)7-6-13-22(14)31-21-11-29-18-10-20(27-4)19(26-3)9-15(18)24(21,28-5)23(13)25/h6-7,9-10,17,21H,1,8,11H2,2-5H3. The molecule has 162 valence electrons. The van der Waals surface area contributed by atoms with E-state index < -0.39 is 11.7 Å². The van der Waals surface area contributed by atoms with Crippen LogP contribution in [-0.4, -0.2) is 45.9 Å². The molecule has 0 radical (unpaired) electrons. The van der Waals surface area contributed by atoms with Gasteiger partial charge in [0.05, 0.1) is 19.8 Å². The van der Waals surface area contributed by atoms with Crippen molar-refractivity contribution in [3.05, 3.63) is 53.1 Å². The van der Waals surface area contributed by atoms with E-state index in [2.05, 4.69) is 6.58 Å². The van der Waals surface area contributed by atoms with E-state index in [4.69, 9.17) is 28.4 Å². The molecule has 2 aromatic carbocycles. The van der Waals surface area contributed by atoms with Gasteiger partial charge in [0.1, 0.15) is 30.0 Å². The Morgan fingerprint density at radius 2 is 1.84 bits per heavy atom. The molecule has 7 nitrogen and oxygen atoms in total. The Kier molecular flexibility index (Phi) is 4.41. The Morgan fingerprint density at radius 3 is 2.52 bits per heavy atom. The van der Waals surface area contributed by atoms with Crippen LogP contribution in [0.15, 0.2) is 36.4 Å². The summed E-state index contributed by atoms with van der Waals surface area (Å²) in [6, 6.07) is 6.99. The van der Waals surface area contributed by atoms with Crippen molar-refractivity contribution in [1.29, 1.82) is 0 Å². The molecule has 0 spiro atoms. The number of ether oxygens (including phenoxy) is 6. The maximum atomic E-state index is 13.9. The van der Waals surface area contributed by atoms with Crippen molar-refractivity contribution < 1.29 is 33.2 Å². The number of benzene rings is 2. The lowest BCUT2D eigenvalue weighted by molar-refractivity contribution is -0.102. The molecule has 0 N–H and O–H groups in total. The van der Waals surface area contributed by atoms with Gasteiger partial charge in [-0.2, -0.15) is 0 Å². The van der Waals surface area contributed by atoms with E-state index >= 15 is 0 Å². The number of rotatable bonds is 4. The predicted molar refractivity (Wildman–Crippen MR) is 112 cm³/mol. The van der Waals surface area contributed by atoms with Crippen molar-refractivity contribution >= 4 is 5.78 Å². The van der Waals surface area contributed by atoms with Gasteiger partial charge in [0.2, 0.25) is 5.78 Å². The first kappa shape index (κ1) is 19.8. The highest BCUT2D eigenvalue weighted by Crippen LogP contribution is 2.52. The smallest absolute Gasteiger partial charge is 0.207 e. The Hall–Kier alpha value is -3.19. The molecule has 0 aliphatic carbocycles. The van der Waals surface area contributed by atoms with E-state index in [-0.39, 0.29) is 18.5 Å². The van der Waals surface area contributed by atoms with Gasteiger partial charge in [0.25, 0.3) is 0 Å². The molecule has 5 rings (SSSR count). The number of hydrogen-bond acceptors (Lipinski definition) is 7. The lowest BCUT2D eigenvalue weighted by Crippen LogP contribution is -2.58. The van der Waals surface area contributed by atoms with Gasteiger partial charge in [-0.1, -0.05) is 6.58 Å². The summed E-state index contributed by atoms with van der Waals surface area (Å²) in [5, 5.41) is 0. The van der Waals surface area contributed by atoms with Gasteiger partial charge in [0, 0.05) is 30.7 Å². The van der Waals surface area contributed by atoms with Crippen LogP contribution in [0.4, 0.5) is 0 Å². The number of carbonyl (C=O) groups is 1. The third-order valence-corrected chi connectivity index (χ3v) is 6.32. The monoisotopic (exact) mass is 424 g/mol. The van der Waals surface area contributed by atoms with Crippen LogP contribution in [0.1, 0.15) is 28.4 Å². The van der Waals surface area contributed by atoms with Crippen molar-refractivity contribution in [3.63, 3.8) is 0 Å². The number of carbonyl (C=O) groups excluding carboxylic acids is 1. The van der Waals surface area contributed by atoms with Crippen LogP contribution in [0.25, 0.3) is 0 Å². The lowest BCUT2D eigenvalue weighted by atomic mass is 9.76. The molecule has 0 aromatic heterocycles. The second-order valence-corrected chi connectivity index (χ2v) is 7.97. The quantitative estimate of drug-likeness (QED) is 0.696. The molecule has 3 aliphatic heterocycles. The number of fused-ring (bicyclic) bond motifs is 6. The molecule has 3 aliphatic rings. The van der Waals surface area contributed by atoms with Gasteiger partial charge >= 0.3 is 0 Å². The summed E-state index contributed by atoms with van der Waals surface area (Å²) in [6.07, 6.45) is -0.191. The van der Waals surface area contributed by atoms with Gasteiger partial charge in [-0.25, -0.2) is 0 Å². The molecular weight excluding hydrogens is 400 g/mol. The van der Waals surface area contributed by atoms with E-state index in [0.29, 0.717) is 46.3 Å². The Bertz CT molecular complexity index is 1110. The highest BCUT2D eigenvalue weighted by molar-refractivity contribution is 6.08. The Morgan fingerprint density at radius 1 is 1.10 bits per heavy atom. The first-order valence-electron chi connectivity index (χ1n) is 10.1. The van der Waals surface area contributed by atoms with E-state index in [1.54, 1.807) is 32.4 Å². The van der Waals surface area contributed by atoms with Gasteiger partial charge in [0.15, 0.2) is 23.2 Å². The van der Waals surface area contributed by atoms with Crippen LogP contribution in [0.3, 0.4) is 0 Å². The fourth-order valence-electron chi connectivity index (χ4n) is 4.67. The number of ketones is 1. The lowest BCUT2D eigenvalue weighted by Gasteiger charge is -2.45. The predicted octanol–water partition coefficient (Wildman–Crippen LogP) is 3.46. The highest BCUT2D eigenvalue weighted by Gasteiger charge is 2.58. The van der Waals surface area contributed by atoms with Gasteiger partial charge < -0.3 is 28.4 Å². The number of hydrogen-bond donors (Lipinski definition) is 0. The van der Waals surface area contributed by atoms with Crippen molar-refractivity contribution in [1.82, 2.24) is 0 Å². The van der Waals surface area contributed by atoms with Gasteiger partial charge in [-0.05, 0) is 30.7 Å². The van der Waals surface area contributed by atoms with E-state index in [9.17, 15) is 4.79 Å². The molecule has 31 heavy (non-hydrogen) atoms. The van der Waals surface area contributed by atoms with Crippen LogP contribution >= 0.6 is 0 Å². The minimum absolute atomic E-state index is 0.130. The molecule has 3 heterocycles. The van der Waals surface area contributed by atoms with E-state index in [1.165, 1.54) is 7.11 Å². The number of Topliss-reactive ketones (excluding diaryl/α,β-unsaturated/α-hetero) is 1. The van der Waals surface area contributed by atoms with E-state index in [0.717, 1.165) is 11.1 Å². The highest BCUT2D eigenvalue weighted by atomic mass is 16.6. The molecule has 0 bridgehead atoms. The summed E-state index contributed by atoms with van der Waals surface area (Å²) in [5.74, 6) is 2.57. The first-order valence-corrected chi connectivity index (χ1v) is 10.1. The fourth-order valence-corrected chi connectivity index (χ4v) is 4.67. The SMILES string of the molecule is C=C(C)C1Cc2c(ccc3c2OC2COc4cc(OC)c(OC)cc4C2(OC)C3=O)O1. The molecule has 2 aromatic rings. The summed E-state index contributed by atoms with van der Waals surface area (Å²) in [6.45, 7) is 6.08. The molecular formula is C24H24O7. The first-order chi connectivity index (χ1) is 14.9. The van der Waals surface area contributed by atoms with Crippen LogP contribution in [0, 0.1) is 0 Å². The van der Waals surface area contributed by atoms with Crippen LogP contribution in [0.2, 0.25) is 0 Å². The second-order valence-electron chi connectivity index (χ2n) is 7.97. The molecule has 0 fully saturated rings. The Balaban J connectivity index is 1.66. The molecule has 3 unspecified atom stereocenters. The fraction of sp³-hybridized carbons (Fsp3) is 0.375. The second kappa shape index (κ2) is 6.92. The zero-order valence-electron chi connectivity index (χ0n) is 17.9. The normalized spacial score (nSPS) is 25.1. The Labute approximate surface area is 180 Å². The molecule has 3 atom stereocenters. The topological polar surface area (TPSA) is 72.5 Å². The zero-order valence-corrected chi connectivity index (χ0v) is 17.9. The molecule has 0 saturated carbocycles. The molecule has 7 heteroatoms. The summed E-state index contributed by atoms with van der Waals surface area (Å²) in [4.78, 5) is 13.9. The number of methoxy groups -OCH3 is 3. The summed E-state index contributed by atoms with van der Waals surface area (Å²) in [5.41, 5.74) is 1.46. The average Bonchev–Trinajstić information content (AvgIpc) is 3.23. The van der Waals surface area contributed by atoms with Crippen LogP contribution in [0.5, 0.6) is 28.7 Å². The third-order valence-electron chi connectivity index (χ3n) is 6.32. The van der Waals surface area contributed by atoms with Crippen LogP contribution in [-0.2, 0) is 16.8 Å². The van der Waals surface area contributed by atoms with Crippen molar-refractivity contribution in [2.75, 3.05) is 27.9 Å². The van der Waals surface area contributed by atoms with Crippen molar-refractivity contribution in [2.24, 2.45) is 0 Å². The molecule has 0 amide bonds. The summed E-state index contributed by atoms with van der Waals surface area (Å²) in [7, 11) is 4.60. The maximum Gasteiger partial charge on any atom is 0.207 e. The van der Waals surface area contributed by atoms with E-state index in [1.807, 2.05) is 13.0 Å².